The van der Waals surface area contributed by atoms with Crippen LogP contribution in [0.1, 0.15) is 17.0 Å². The van der Waals surface area contributed by atoms with Gasteiger partial charge in [0.05, 0.1) is 17.1 Å². The number of para-hydroxylation sites is 2. The van der Waals surface area contributed by atoms with Crippen molar-refractivity contribution in [2.75, 3.05) is 4.90 Å². The SMILES string of the molecule is C1=CC2c3ccccc3N(c3nc(-c4ccccc4)nc(-c4ccccc4)n3)C2C(c2ccc3c(c2)c2cnccc2n3-c2ccccc2)=C1. The van der Waals surface area contributed by atoms with Crippen molar-refractivity contribution in [2.24, 2.45) is 0 Å². The smallest absolute Gasteiger partial charge is 0.234 e. The maximum atomic E-state index is 5.20. The van der Waals surface area contributed by atoms with Gasteiger partial charge in [-0.05, 0) is 53.1 Å². The zero-order valence-electron chi connectivity index (χ0n) is 27.0. The highest BCUT2D eigenvalue weighted by Gasteiger charge is 2.43. The van der Waals surface area contributed by atoms with Crippen LogP contribution in [0.25, 0.3) is 55.8 Å². The molecule has 8 aromatic rings. The maximum absolute atomic E-state index is 5.20. The van der Waals surface area contributed by atoms with Gasteiger partial charge in [0.25, 0.3) is 0 Å². The molecule has 10 rings (SSSR count). The molecule has 0 amide bonds. The molecule has 2 unspecified atom stereocenters. The second kappa shape index (κ2) is 11.5. The zero-order chi connectivity index (χ0) is 33.0. The lowest BCUT2D eigenvalue weighted by Gasteiger charge is -2.32. The monoisotopic (exact) mass is 642 g/mol. The Morgan fingerprint density at radius 2 is 1.22 bits per heavy atom. The molecule has 2 atom stereocenters. The van der Waals surface area contributed by atoms with E-state index in [0.29, 0.717) is 17.6 Å². The lowest BCUT2D eigenvalue weighted by molar-refractivity contribution is 0.744. The van der Waals surface area contributed by atoms with E-state index in [1.807, 2.05) is 48.8 Å². The summed E-state index contributed by atoms with van der Waals surface area (Å²) in [6, 6.07) is 48.4. The Bertz CT molecular complexity index is 2550. The van der Waals surface area contributed by atoms with E-state index in [0.717, 1.165) is 44.5 Å². The van der Waals surface area contributed by atoms with Crippen LogP contribution in [0.15, 0.2) is 170 Å². The first-order valence-electron chi connectivity index (χ1n) is 16.9. The van der Waals surface area contributed by atoms with Gasteiger partial charge in [-0.1, -0.05) is 121 Å². The van der Waals surface area contributed by atoms with Crippen LogP contribution in [0.4, 0.5) is 11.6 Å². The highest BCUT2D eigenvalue weighted by molar-refractivity contribution is 6.10. The second-order valence-corrected chi connectivity index (χ2v) is 12.7. The fourth-order valence-electron chi connectivity index (χ4n) is 7.69. The summed E-state index contributed by atoms with van der Waals surface area (Å²) in [5.74, 6) is 2.04. The van der Waals surface area contributed by atoms with Crippen LogP contribution in [0, 0.1) is 0 Å². The van der Waals surface area contributed by atoms with Crippen molar-refractivity contribution in [2.45, 2.75) is 12.0 Å². The van der Waals surface area contributed by atoms with E-state index in [1.165, 1.54) is 16.5 Å². The maximum Gasteiger partial charge on any atom is 0.234 e. The van der Waals surface area contributed by atoms with Gasteiger partial charge < -0.3 is 9.47 Å². The third kappa shape index (κ3) is 4.49. The standard InChI is InChI=1S/C44H30N6/c1-4-13-29(14-5-1)42-46-43(30-15-6-2-7-16-30)48-44(47-42)50-38-22-11-10-19-34(38)35-21-12-20-33(41(35)50)31-23-24-39-36(27-31)37-28-45-26-25-40(37)49(39)32-17-8-3-9-18-32/h1-28,35,41H. The molecule has 0 saturated carbocycles. The van der Waals surface area contributed by atoms with Crippen molar-refractivity contribution in [3.05, 3.63) is 181 Å². The molecule has 1 aliphatic carbocycles. The van der Waals surface area contributed by atoms with Crippen LogP contribution in [-0.2, 0) is 0 Å². The molecule has 0 N–H and O–H groups in total. The van der Waals surface area contributed by atoms with Crippen LogP contribution in [0.5, 0.6) is 0 Å². The second-order valence-electron chi connectivity index (χ2n) is 12.7. The molecule has 0 spiro atoms. The average Bonchev–Trinajstić information content (AvgIpc) is 3.71. The molecule has 6 nitrogen and oxygen atoms in total. The number of allylic oxidation sites excluding steroid dienone is 2. The Balaban J connectivity index is 1.17. The minimum atomic E-state index is -0.0647. The fourth-order valence-corrected chi connectivity index (χ4v) is 7.69. The molecular weight excluding hydrogens is 613 g/mol. The van der Waals surface area contributed by atoms with E-state index < -0.39 is 0 Å². The van der Waals surface area contributed by atoms with Crippen molar-refractivity contribution in [3.63, 3.8) is 0 Å². The molecule has 0 saturated heterocycles. The number of aromatic nitrogens is 5. The number of hydrogen-bond acceptors (Lipinski definition) is 5. The Kier molecular flexibility index (Phi) is 6.52. The van der Waals surface area contributed by atoms with E-state index in [-0.39, 0.29) is 12.0 Å². The largest absolute Gasteiger partial charge is 0.309 e. The molecule has 0 radical (unpaired) electrons. The van der Waals surface area contributed by atoms with Gasteiger partial charge in [-0.25, -0.2) is 4.98 Å². The molecular formula is C44H30N6. The lowest BCUT2D eigenvalue weighted by atomic mass is 9.83. The molecule has 4 heterocycles. The van der Waals surface area contributed by atoms with Crippen molar-refractivity contribution in [1.29, 1.82) is 0 Å². The van der Waals surface area contributed by atoms with E-state index in [2.05, 4.69) is 136 Å². The highest BCUT2D eigenvalue weighted by atomic mass is 15.3. The van der Waals surface area contributed by atoms with E-state index in [1.54, 1.807) is 0 Å². The summed E-state index contributed by atoms with van der Waals surface area (Å²) >= 11 is 0. The zero-order valence-corrected chi connectivity index (χ0v) is 27.0. The highest BCUT2D eigenvalue weighted by Crippen LogP contribution is 2.51. The van der Waals surface area contributed by atoms with Crippen LogP contribution >= 0.6 is 0 Å². The summed E-state index contributed by atoms with van der Waals surface area (Å²) in [4.78, 5) is 22.3. The molecule has 3 aromatic heterocycles. The normalized spacial score (nSPS) is 16.4. The Hall–Kier alpha value is -6.66. The van der Waals surface area contributed by atoms with E-state index in [4.69, 9.17) is 15.0 Å². The van der Waals surface area contributed by atoms with E-state index >= 15 is 0 Å². The van der Waals surface area contributed by atoms with Gasteiger partial charge in [0.15, 0.2) is 11.6 Å². The third-order valence-corrected chi connectivity index (χ3v) is 9.90. The summed E-state index contributed by atoms with van der Waals surface area (Å²) in [6.45, 7) is 0. The van der Waals surface area contributed by atoms with E-state index in [9.17, 15) is 0 Å². The van der Waals surface area contributed by atoms with Crippen LogP contribution < -0.4 is 4.90 Å². The minimum Gasteiger partial charge on any atom is -0.309 e. The van der Waals surface area contributed by atoms with Gasteiger partial charge in [0.1, 0.15) is 0 Å². The first-order valence-corrected chi connectivity index (χ1v) is 16.9. The topological polar surface area (TPSA) is 59.7 Å². The molecule has 50 heavy (non-hydrogen) atoms. The number of nitrogens with zero attached hydrogens (tertiary/aromatic N) is 6. The predicted octanol–water partition coefficient (Wildman–Crippen LogP) is 9.95. The molecule has 236 valence electrons. The van der Waals surface area contributed by atoms with Gasteiger partial charge in [-0.3, -0.25) is 4.98 Å². The molecule has 0 bridgehead atoms. The van der Waals surface area contributed by atoms with Crippen LogP contribution in [0.2, 0.25) is 0 Å². The summed E-state index contributed by atoms with van der Waals surface area (Å²) in [5.41, 5.74) is 10.0. The number of benzene rings is 5. The van der Waals surface area contributed by atoms with Crippen LogP contribution in [0.3, 0.4) is 0 Å². The van der Waals surface area contributed by atoms with Gasteiger partial charge in [0, 0.05) is 51.6 Å². The summed E-state index contributed by atoms with van der Waals surface area (Å²) in [7, 11) is 0. The van der Waals surface area contributed by atoms with Gasteiger partial charge >= 0.3 is 0 Å². The first-order chi connectivity index (χ1) is 24.8. The predicted molar refractivity (Wildman–Crippen MR) is 202 cm³/mol. The minimum absolute atomic E-state index is 0.0647. The van der Waals surface area contributed by atoms with Crippen molar-refractivity contribution in [3.8, 4) is 28.5 Å². The van der Waals surface area contributed by atoms with Gasteiger partial charge in [0.2, 0.25) is 5.95 Å². The van der Waals surface area contributed by atoms with Gasteiger partial charge in [-0.15, -0.1) is 0 Å². The lowest BCUT2D eigenvalue weighted by Crippen LogP contribution is -2.33. The van der Waals surface area contributed by atoms with Crippen molar-refractivity contribution < 1.29 is 0 Å². The first kappa shape index (κ1) is 28.4. The number of hydrogen-bond donors (Lipinski definition) is 0. The van der Waals surface area contributed by atoms with Crippen LogP contribution in [-0.4, -0.2) is 30.5 Å². The molecule has 1 aliphatic heterocycles. The number of fused-ring (bicyclic) bond motifs is 6. The average molecular weight is 643 g/mol. The number of anilines is 2. The summed E-state index contributed by atoms with van der Waals surface area (Å²) < 4.78 is 2.33. The number of rotatable bonds is 5. The summed E-state index contributed by atoms with van der Waals surface area (Å²) in [6.07, 6.45) is 10.6. The van der Waals surface area contributed by atoms with Crippen molar-refractivity contribution in [1.82, 2.24) is 24.5 Å². The molecule has 6 heteroatoms. The van der Waals surface area contributed by atoms with Gasteiger partial charge in [-0.2, -0.15) is 9.97 Å². The Morgan fingerprint density at radius 3 is 1.96 bits per heavy atom. The number of pyridine rings is 1. The third-order valence-electron chi connectivity index (χ3n) is 9.90. The van der Waals surface area contributed by atoms with Crippen molar-refractivity contribution >= 4 is 39.0 Å². The quantitative estimate of drug-likeness (QED) is 0.187. The fraction of sp³-hybridized carbons (Fsp3) is 0.0455. The molecule has 5 aromatic carbocycles. The molecule has 2 aliphatic rings. The Morgan fingerprint density at radius 1 is 0.560 bits per heavy atom. The summed E-state index contributed by atoms with van der Waals surface area (Å²) in [5, 5.41) is 2.29. The Labute approximate surface area is 289 Å². The molecule has 0 fully saturated rings.